The van der Waals surface area contributed by atoms with Crippen molar-refractivity contribution in [3.63, 3.8) is 0 Å². The molecule has 0 aliphatic carbocycles. The summed E-state index contributed by atoms with van der Waals surface area (Å²) in [7, 11) is 0. The molecule has 0 bridgehead atoms. The number of nitrogens with two attached hydrogens (primary N) is 1. The van der Waals surface area contributed by atoms with Gasteiger partial charge < -0.3 is 25.6 Å². The normalized spacial score (nSPS) is 20.3. The number of nitrogens with one attached hydrogen (secondary N) is 2. The molecule has 3 heterocycles. The Bertz CT molecular complexity index is 1120. The number of likely N-dealkylation sites (tertiary alicyclic amines) is 2. The van der Waals surface area contributed by atoms with Crippen molar-refractivity contribution < 1.29 is 19.5 Å². The third-order valence-electron chi connectivity index (χ3n) is 7.21. The Kier molecular flexibility index (Phi) is 6.90. The second kappa shape index (κ2) is 9.87. The SMILES string of the molecule is CCc1c(CC[C@@H]2CCCN2C(=O)[C@H]2CCCN2C(=O)CC(=O)O)[nH]c2cc(C(=N)N)ccc12. The number of aliphatic carboxylic acids is 1. The van der Waals surface area contributed by atoms with Crippen molar-refractivity contribution >= 4 is 34.5 Å². The number of H-pyrrole nitrogens is 1. The summed E-state index contributed by atoms with van der Waals surface area (Å²) in [5, 5.41) is 17.8. The van der Waals surface area contributed by atoms with Gasteiger partial charge in [-0.15, -0.1) is 0 Å². The number of aromatic amines is 1. The van der Waals surface area contributed by atoms with E-state index in [1.165, 1.54) is 10.5 Å². The Morgan fingerprint density at radius 3 is 2.62 bits per heavy atom. The number of aromatic nitrogens is 1. The molecule has 9 nitrogen and oxygen atoms in total. The highest BCUT2D eigenvalue weighted by molar-refractivity contribution is 5.99. The molecule has 2 aromatic rings. The summed E-state index contributed by atoms with van der Waals surface area (Å²) in [6.45, 7) is 3.24. The highest BCUT2D eigenvalue weighted by atomic mass is 16.4. The van der Waals surface area contributed by atoms with Gasteiger partial charge in [0.1, 0.15) is 18.3 Å². The first-order valence-electron chi connectivity index (χ1n) is 12.1. The van der Waals surface area contributed by atoms with Crippen LogP contribution in [0.15, 0.2) is 18.2 Å². The number of carbonyl (C=O) groups excluding carboxylic acids is 2. The van der Waals surface area contributed by atoms with Gasteiger partial charge in [0.15, 0.2) is 0 Å². The number of fused-ring (bicyclic) bond motifs is 1. The lowest BCUT2D eigenvalue weighted by molar-refractivity contribution is -0.149. The van der Waals surface area contributed by atoms with Crippen molar-refractivity contribution in [2.24, 2.45) is 5.73 Å². The smallest absolute Gasteiger partial charge is 0.312 e. The molecule has 2 fully saturated rings. The molecule has 1 aromatic heterocycles. The number of nitrogens with zero attached hydrogens (tertiary/aromatic N) is 2. The molecule has 9 heteroatoms. The first-order valence-corrected chi connectivity index (χ1v) is 12.1. The van der Waals surface area contributed by atoms with Crippen LogP contribution in [0.2, 0.25) is 0 Å². The molecule has 0 unspecified atom stereocenters. The summed E-state index contributed by atoms with van der Waals surface area (Å²) in [5.74, 6) is -1.64. The molecule has 2 saturated heterocycles. The highest BCUT2D eigenvalue weighted by Gasteiger charge is 2.40. The summed E-state index contributed by atoms with van der Waals surface area (Å²) in [6.07, 6.45) is 5.10. The van der Waals surface area contributed by atoms with Gasteiger partial charge in [0.2, 0.25) is 11.8 Å². The molecule has 5 N–H and O–H groups in total. The number of carbonyl (C=O) groups is 3. The lowest BCUT2D eigenvalue weighted by Crippen LogP contribution is -2.49. The molecule has 0 saturated carbocycles. The monoisotopic (exact) mass is 467 g/mol. The van der Waals surface area contributed by atoms with Gasteiger partial charge in [0.05, 0.1) is 0 Å². The van der Waals surface area contributed by atoms with Gasteiger partial charge in [0.25, 0.3) is 0 Å². The van der Waals surface area contributed by atoms with E-state index < -0.39 is 24.3 Å². The van der Waals surface area contributed by atoms with Gasteiger partial charge in [-0.25, -0.2) is 0 Å². The lowest BCUT2D eigenvalue weighted by Gasteiger charge is -2.31. The van der Waals surface area contributed by atoms with Gasteiger partial charge in [-0.2, -0.15) is 0 Å². The van der Waals surface area contributed by atoms with Crippen LogP contribution < -0.4 is 5.73 Å². The van der Waals surface area contributed by atoms with Gasteiger partial charge >= 0.3 is 5.97 Å². The summed E-state index contributed by atoms with van der Waals surface area (Å²) in [4.78, 5) is 43.6. The van der Waals surface area contributed by atoms with Crippen LogP contribution in [0.5, 0.6) is 0 Å². The van der Waals surface area contributed by atoms with Crippen LogP contribution in [0.25, 0.3) is 10.9 Å². The fourth-order valence-electron chi connectivity index (χ4n) is 5.58. The number of hydrogen-bond acceptors (Lipinski definition) is 4. The van der Waals surface area contributed by atoms with E-state index >= 15 is 0 Å². The lowest BCUT2D eigenvalue weighted by atomic mass is 10.0. The number of carboxylic acids is 1. The van der Waals surface area contributed by atoms with Gasteiger partial charge in [0, 0.05) is 41.3 Å². The number of rotatable bonds is 8. The quantitative estimate of drug-likeness (QED) is 0.268. The number of amidine groups is 1. The van der Waals surface area contributed by atoms with Crippen molar-refractivity contribution in [2.45, 2.75) is 70.4 Å². The van der Waals surface area contributed by atoms with Gasteiger partial charge in [-0.1, -0.05) is 19.1 Å². The van der Waals surface area contributed by atoms with Crippen LogP contribution in [0.4, 0.5) is 0 Å². The van der Waals surface area contributed by atoms with E-state index in [1.54, 1.807) is 0 Å². The summed E-state index contributed by atoms with van der Waals surface area (Å²) in [5.41, 5.74) is 9.71. The molecule has 0 spiro atoms. The first kappa shape index (κ1) is 23.8. The summed E-state index contributed by atoms with van der Waals surface area (Å²) >= 11 is 0. The molecular weight excluding hydrogens is 434 g/mol. The Balaban J connectivity index is 1.46. The maximum absolute atomic E-state index is 13.4. The largest absolute Gasteiger partial charge is 0.481 e. The van der Waals surface area contributed by atoms with Crippen LogP contribution in [-0.2, 0) is 27.2 Å². The van der Waals surface area contributed by atoms with E-state index in [4.69, 9.17) is 16.2 Å². The maximum atomic E-state index is 13.4. The van der Waals surface area contributed by atoms with Crippen LogP contribution >= 0.6 is 0 Å². The number of nitrogen functional groups attached to an aromatic ring is 1. The minimum atomic E-state index is -1.16. The second-order valence-corrected chi connectivity index (χ2v) is 9.29. The molecule has 0 radical (unpaired) electrons. The summed E-state index contributed by atoms with van der Waals surface area (Å²) in [6, 6.07) is 5.36. The molecule has 4 rings (SSSR count). The standard InChI is InChI=1S/C25H33N5O4/c1-2-17-18-9-7-15(24(26)27)13-20(18)28-19(17)10-8-16-5-3-11-29(16)25(34)21-6-4-12-30(21)22(31)14-23(32)33/h7,9,13,16,21,28H,2-6,8,10-12,14H2,1H3,(H3,26,27)(H,32,33)/t16-,21+/m0/s1. The predicted molar refractivity (Wildman–Crippen MR) is 129 cm³/mol. The van der Waals surface area contributed by atoms with Crippen molar-refractivity contribution in [1.29, 1.82) is 5.41 Å². The van der Waals surface area contributed by atoms with Crippen LogP contribution in [0.3, 0.4) is 0 Å². The average molecular weight is 468 g/mol. The number of benzene rings is 1. The van der Waals surface area contributed by atoms with Crippen LogP contribution in [0, 0.1) is 5.41 Å². The van der Waals surface area contributed by atoms with Crippen LogP contribution in [-0.4, -0.2) is 68.7 Å². The van der Waals surface area contributed by atoms with E-state index in [9.17, 15) is 14.4 Å². The van der Waals surface area contributed by atoms with Crippen molar-refractivity contribution in [3.05, 3.63) is 35.0 Å². The number of hydrogen-bond donors (Lipinski definition) is 4. The number of amides is 2. The number of carboxylic acid groups (broad SMARTS) is 1. The van der Waals surface area contributed by atoms with Gasteiger partial charge in [-0.05, 0) is 56.6 Å². The Morgan fingerprint density at radius 2 is 1.91 bits per heavy atom. The molecule has 2 aliphatic heterocycles. The molecule has 34 heavy (non-hydrogen) atoms. The molecular formula is C25H33N5O4. The summed E-state index contributed by atoms with van der Waals surface area (Å²) < 4.78 is 0. The molecule has 2 aliphatic rings. The third-order valence-corrected chi connectivity index (χ3v) is 7.21. The predicted octanol–water partition coefficient (Wildman–Crippen LogP) is 2.40. The highest BCUT2D eigenvalue weighted by Crippen LogP contribution is 2.30. The fourth-order valence-corrected chi connectivity index (χ4v) is 5.58. The molecule has 182 valence electrons. The zero-order valence-electron chi connectivity index (χ0n) is 19.6. The van der Waals surface area contributed by atoms with Gasteiger partial charge in [-0.3, -0.25) is 19.8 Å². The first-order chi connectivity index (χ1) is 16.3. The van der Waals surface area contributed by atoms with E-state index in [0.29, 0.717) is 25.1 Å². The van der Waals surface area contributed by atoms with Crippen molar-refractivity contribution in [3.8, 4) is 0 Å². The van der Waals surface area contributed by atoms with Crippen molar-refractivity contribution in [1.82, 2.24) is 14.8 Å². The zero-order valence-corrected chi connectivity index (χ0v) is 19.6. The maximum Gasteiger partial charge on any atom is 0.312 e. The fraction of sp³-hybridized carbons (Fsp3) is 0.520. The van der Waals surface area contributed by atoms with E-state index in [2.05, 4.69) is 11.9 Å². The van der Waals surface area contributed by atoms with E-state index in [0.717, 1.165) is 55.1 Å². The Hall–Kier alpha value is -3.36. The van der Waals surface area contributed by atoms with E-state index in [1.807, 2.05) is 23.1 Å². The zero-order chi connectivity index (χ0) is 24.4. The molecule has 2 amide bonds. The molecule has 2 atom stereocenters. The Labute approximate surface area is 198 Å². The number of aryl methyl sites for hydroxylation is 2. The minimum Gasteiger partial charge on any atom is -0.481 e. The molecule has 1 aromatic carbocycles. The second-order valence-electron chi connectivity index (χ2n) is 9.29. The Morgan fingerprint density at radius 1 is 1.18 bits per heavy atom. The topological polar surface area (TPSA) is 144 Å². The minimum absolute atomic E-state index is 0.0407. The average Bonchev–Trinajstić information content (AvgIpc) is 3.53. The van der Waals surface area contributed by atoms with Crippen molar-refractivity contribution in [2.75, 3.05) is 13.1 Å². The van der Waals surface area contributed by atoms with Crippen LogP contribution in [0.1, 0.15) is 62.3 Å². The third kappa shape index (κ3) is 4.64. The van der Waals surface area contributed by atoms with E-state index in [-0.39, 0.29) is 17.8 Å².